The Balaban J connectivity index is 0.00000161. The van der Waals surface area contributed by atoms with Gasteiger partial charge in [-0.1, -0.05) is 96.7 Å². The van der Waals surface area contributed by atoms with Gasteiger partial charge in [0.05, 0.1) is 6.42 Å². The molecule has 3 unspecified atom stereocenters. The topological polar surface area (TPSA) is 51.2 Å². The van der Waals surface area contributed by atoms with E-state index in [-0.39, 0.29) is 41.5 Å². The summed E-state index contributed by atoms with van der Waals surface area (Å²) in [6.45, 7) is 14.2. The highest BCUT2D eigenvalue weighted by molar-refractivity contribution is 6.02. The zero-order valence-electron chi connectivity index (χ0n) is 25.0. The van der Waals surface area contributed by atoms with Crippen molar-refractivity contribution < 1.29 is 14.4 Å². The Labute approximate surface area is 231 Å². The van der Waals surface area contributed by atoms with Crippen LogP contribution in [0.5, 0.6) is 0 Å². The molecule has 0 bridgehead atoms. The van der Waals surface area contributed by atoms with Crippen LogP contribution in [0.25, 0.3) is 11.1 Å². The van der Waals surface area contributed by atoms with Gasteiger partial charge in [-0.2, -0.15) is 0 Å². The van der Waals surface area contributed by atoms with E-state index in [1.54, 1.807) is 0 Å². The third-order valence-corrected chi connectivity index (χ3v) is 7.71. The minimum atomic E-state index is -0.0987. The first kappa shape index (κ1) is 31.7. The summed E-state index contributed by atoms with van der Waals surface area (Å²) in [4.78, 5) is 37.9. The van der Waals surface area contributed by atoms with Gasteiger partial charge >= 0.3 is 0 Å². The van der Waals surface area contributed by atoms with Gasteiger partial charge in [0.2, 0.25) is 0 Å². The predicted molar refractivity (Wildman–Crippen MR) is 160 cm³/mol. The second-order valence-corrected chi connectivity index (χ2v) is 11.3. The van der Waals surface area contributed by atoms with Crippen molar-refractivity contribution in [2.45, 2.75) is 113 Å². The number of carbonyl (C=O) groups excluding carboxylic acids is 3. The van der Waals surface area contributed by atoms with E-state index in [0.717, 1.165) is 56.1 Å². The molecule has 0 spiro atoms. The Bertz CT molecular complexity index is 1060. The highest BCUT2D eigenvalue weighted by Crippen LogP contribution is 2.40. The summed E-state index contributed by atoms with van der Waals surface area (Å²) in [5.41, 5.74) is 6.81. The van der Waals surface area contributed by atoms with Crippen molar-refractivity contribution in [2.75, 3.05) is 0 Å². The van der Waals surface area contributed by atoms with Gasteiger partial charge in [0.1, 0.15) is 11.6 Å². The Morgan fingerprint density at radius 3 is 2.13 bits per heavy atom. The molecular formula is C35H50O3. The van der Waals surface area contributed by atoms with Crippen LogP contribution in [0.2, 0.25) is 0 Å². The fourth-order valence-corrected chi connectivity index (χ4v) is 6.15. The van der Waals surface area contributed by atoms with Gasteiger partial charge in [0.25, 0.3) is 0 Å². The standard InChI is InChI=1S/C32H42O3.C3H8/c1-6-9-23-12-14-25(15-13-23)28-16-11-21(4)32-29(28)19-24(20-31(32)35)18-26(10-7-2)27(8-3)30(34)17-22(5)33;1-3-2/h11-16,24,26-27H,6-10,17-20H2,1-5H3;3H2,1-2H3. The lowest BCUT2D eigenvalue weighted by Crippen LogP contribution is -2.30. The molecule has 0 heterocycles. The van der Waals surface area contributed by atoms with Crippen LogP contribution in [0.1, 0.15) is 120 Å². The molecule has 38 heavy (non-hydrogen) atoms. The fraction of sp³-hybridized carbons (Fsp3) is 0.571. The summed E-state index contributed by atoms with van der Waals surface area (Å²) in [6, 6.07) is 13.1. The summed E-state index contributed by atoms with van der Waals surface area (Å²) < 4.78 is 0. The first-order valence-electron chi connectivity index (χ1n) is 15.0. The molecule has 3 rings (SSSR count). The van der Waals surface area contributed by atoms with Crippen LogP contribution in [0, 0.1) is 24.7 Å². The molecule has 0 fully saturated rings. The van der Waals surface area contributed by atoms with Crippen molar-refractivity contribution in [3.63, 3.8) is 0 Å². The molecule has 1 aliphatic carbocycles. The van der Waals surface area contributed by atoms with Crippen molar-refractivity contribution in [1.29, 1.82) is 0 Å². The van der Waals surface area contributed by atoms with Crippen LogP contribution in [0.15, 0.2) is 36.4 Å². The van der Waals surface area contributed by atoms with E-state index in [1.807, 2.05) is 6.92 Å². The number of hydrogen-bond acceptors (Lipinski definition) is 3. The van der Waals surface area contributed by atoms with Crippen molar-refractivity contribution in [2.24, 2.45) is 17.8 Å². The highest BCUT2D eigenvalue weighted by atomic mass is 16.1. The first-order chi connectivity index (χ1) is 18.2. The molecule has 0 N–H and O–H groups in total. The Kier molecular flexibility index (Phi) is 13.1. The summed E-state index contributed by atoms with van der Waals surface area (Å²) in [5.74, 6) is 0.596. The number of benzene rings is 2. The molecule has 0 amide bonds. The molecule has 3 heteroatoms. The Hall–Kier alpha value is -2.55. The number of Topliss-reactive ketones (excluding diaryl/α,β-unsaturated/α-hetero) is 3. The average Bonchev–Trinajstić information content (AvgIpc) is 2.85. The van der Waals surface area contributed by atoms with Crippen molar-refractivity contribution in [3.05, 3.63) is 58.7 Å². The molecular weight excluding hydrogens is 468 g/mol. The maximum Gasteiger partial charge on any atom is 0.163 e. The van der Waals surface area contributed by atoms with Crippen LogP contribution in [0.3, 0.4) is 0 Å². The minimum Gasteiger partial charge on any atom is -0.300 e. The number of fused-ring (bicyclic) bond motifs is 1. The maximum atomic E-state index is 13.4. The normalized spacial score (nSPS) is 16.2. The highest BCUT2D eigenvalue weighted by Gasteiger charge is 2.33. The lowest BCUT2D eigenvalue weighted by atomic mass is 9.71. The van der Waals surface area contributed by atoms with Crippen molar-refractivity contribution in [3.8, 4) is 11.1 Å². The van der Waals surface area contributed by atoms with E-state index >= 15 is 0 Å². The predicted octanol–water partition coefficient (Wildman–Crippen LogP) is 9.16. The number of hydrogen-bond donors (Lipinski definition) is 0. The molecule has 1 aliphatic rings. The van der Waals surface area contributed by atoms with E-state index in [4.69, 9.17) is 0 Å². The van der Waals surface area contributed by atoms with Crippen LogP contribution in [0.4, 0.5) is 0 Å². The molecule has 3 atom stereocenters. The second-order valence-electron chi connectivity index (χ2n) is 11.3. The number of rotatable bonds is 12. The van der Waals surface area contributed by atoms with Crippen LogP contribution < -0.4 is 0 Å². The van der Waals surface area contributed by atoms with Crippen molar-refractivity contribution >= 4 is 17.3 Å². The largest absolute Gasteiger partial charge is 0.300 e. The second kappa shape index (κ2) is 15.8. The SMILES string of the molecule is CCC.CCCc1ccc(-c2ccc(C)c3c2CC(CC(CCC)C(CC)C(=O)CC(C)=O)CC3=O)cc1. The molecule has 208 valence electrons. The molecule has 0 aromatic heterocycles. The lowest BCUT2D eigenvalue weighted by molar-refractivity contribution is -0.129. The quantitative estimate of drug-likeness (QED) is 0.263. The minimum absolute atomic E-state index is 0.0303. The van der Waals surface area contributed by atoms with E-state index in [2.05, 4.69) is 71.0 Å². The molecule has 2 aromatic rings. The number of carbonyl (C=O) groups is 3. The fourth-order valence-electron chi connectivity index (χ4n) is 6.15. The Morgan fingerprint density at radius 1 is 0.921 bits per heavy atom. The van der Waals surface area contributed by atoms with Gasteiger partial charge < -0.3 is 0 Å². The van der Waals surface area contributed by atoms with Gasteiger partial charge in [-0.3, -0.25) is 14.4 Å². The molecule has 0 radical (unpaired) electrons. The summed E-state index contributed by atoms with van der Waals surface area (Å²) in [6.07, 6.45) is 8.47. The third kappa shape index (κ3) is 8.48. The molecule has 0 saturated heterocycles. The smallest absolute Gasteiger partial charge is 0.163 e. The number of aryl methyl sites for hydroxylation is 2. The molecule has 0 aliphatic heterocycles. The van der Waals surface area contributed by atoms with E-state index in [1.165, 1.54) is 35.6 Å². The first-order valence-corrected chi connectivity index (χ1v) is 15.0. The van der Waals surface area contributed by atoms with Gasteiger partial charge in [-0.15, -0.1) is 0 Å². The monoisotopic (exact) mass is 518 g/mol. The maximum absolute atomic E-state index is 13.4. The van der Waals surface area contributed by atoms with Gasteiger partial charge in [0, 0.05) is 17.9 Å². The number of ketones is 3. The summed E-state index contributed by atoms with van der Waals surface area (Å²) in [7, 11) is 0. The van der Waals surface area contributed by atoms with E-state index < -0.39 is 0 Å². The van der Waals surface area contributed by atoms with Crippen LogP contribution in [-0.4, -0.2) is 17.3 Å². The molecule has 0 saturated carbocycles. The van der Waals surface area contributed by atoms with Crippen LogP contribution in [-0.2, 0) is 22.4 Å². The third-order valence-electron chi connectivity index (χ3n) is 7.71. The Morgan fingerprint density at radius 2 is 1.58 bits per heavy atom. The van der Waals surface area contributed by atoms with Crippen molar-refractivity contribution in [1.82, 2.24) is 0 Å². The zero-order valence-corrected chi connectivity index (χ0v) is 25.0. The molecule has 3 nitrogen and oxygen atoms in total. The summed E-state index contributed by atoms with van der Waals surface area (Å²) >= 11 is 0. The van der Waals surface area contributed by atoms with Gasteiger partial charge in [-0.05, 0) is 79.2 Å². The van der Waals surface area contributed by atoms with Crippen LogP contribution >= 0.6 is 0 Å². The lowest BCUT2D eigenvalue weighted by Gasteiger charge is -2.32. The van der Waals surface area contributed by atoms with E-state index in [9.17, 15) is 14.4 Å². The van der Waals surface area contributed by atoms with E-state index in [0.29, 0.717) is 6.42 Å². The van der Waals surface area contributed by atoms with Gasteiger partial charge in [0.15, 0.2) is 5.78 Å². The summed E-state index contributed by atoms with van der Waals surface area (Å²) in [5, 5.41) is 0. The molecule has 2 aromatic carbocycles. The average molecular weight is 519 g/mol. The van der Waals surface area contributed by atoms with Gasteiger partial charge in [-0.25, -0.2) is 0 Å². The zero-order chi connectivity index (χ0) is 28.2.